The number of nitrogens with zero attached hydrogens (tertiary/aromatic N) is 2. The van der Waals surface area contributed by atoms with Crippen LogP contribution >= 0.6 is 0 Å². The second-order valence-electron chi connectivity index (χ2n) is 18.5. The summed E-state index contributed by atoms with van der Waals surface area (Å²) >= 11 is 0. The Bertz CT molecular complexity index is 2530. The molecule has 2 N–H and O–H groups in total. The first-order valence-electron chi connectivity index (χ1n) is 22.8. The minimum Gasteiger partial charge on any atom is -0.462 e. The number of carbonyl (C=O) groups is 6. The fraction of sp³-hybridized carbons (Fsp3) is 0.469. The summed E-state index contributed by atoms with van der Waals surface area (Å²) in [5, 5.41) is 1.98. The first-order valence-corrected chi connectivity index (χ1v) is 24.3. The Kier molecular flexibility index (Phi) is 12.5. The summed E-state index contributed by atoms with van der Waals surface area (Å²) in [5.41, 5.74) is 3.64. The van der Waals surface area contributed by atoms with Gasteiger partial charge < -0.3 is 24.4 Å². The maximum absolute atomic E-state index is 14.9. The fourth-order valence-corrected chi connectivity index (χ4v) is 11.6. The lowest BCUT2D eigenvalue weighted by molar-refractivity contribution is -0.153. The Balaban J connectivity index is 0.934. The second-order valence-corrected chi connectivity index (χ2v) is 20.5. The summed E-state index contributed by atoms with van der Waals surface area (Å²) < 4.78 is 59.9. The van der Waals surface area contributed by atoms with Crippen molar-refractivity contribution in [3.05, 3.63) is 107 Å². The van der Waals surface area contributed by atoms with E-state index in [4.69, 9.17) is 14.2 Å². The fourth-order valence-electron chi connectivity index (χ4n) is 10.2. The number of likely N-dealkylation sites (tertiary alicyclic amines) is 1. The monoisotopic (exact) mass is 924 g/mol. The van der Waals surface area contributed by atoms with Crippen molar-refractivity contribution in [3.8, 4) is 11.1 Å². The van der Waals surface area contributed by atoms with E-state index in [9.17, 15) is 41.6 Å². The maximum Gasteiger partial charge on any atom is 0.410 e. The van der Waals surface area contributed by atoms with Crippen molar-refractivity contribution in [2.24, 2.45) is 17.3 Å². The van der Waals surface area contributed by atoms with Crippen LogP contribution in [0.2, 0.25) is 0 Å². The van der Waals surface area contributed by atoms with Gasteiger partial charge in [-0.1, -0.05) is 66.7 Å². The molecule has 6 aliphatic rings. The average molecular weight is 925 g/mol. The molecule has 3 aromatic rings. The molecular weight excluding hydrogens is 872 g/mol. The number of rotatable bonds is 16. The second kappa shape index (κ2) is 18.3. The van der Waals surface area contributed by atoms with E-state index in [1.54, 1.807) is 12.1 Å². The minimum atomic E-state index is -3.96. The SMILES string of the molecule is C=C[C@@H]1C[C@]1(CC(=O)[C@@H]1C[C@@H](OC(=O)N2Cc3cccc(F)c3C2)CN1C(=O)[C@H](CNC(=O)OCC1c2ccccc2-c2ccccc21)CC(=O)OC1CCCC1)C(=O)NS(=O)(=O)C1CC1. The molecule has 17 heteroatoms. The Morgan fingerprint density at radius 1 is 0.879 bits per heavy atom. The molecule has 0 aromatic heterocycles. The van der Waals surface area contributed by atoms with Crippen LogP contribution in [0.1, 0.15) is 92.4 Å². The number of ketones is 1. The number of hydrogen-bond acceptors (Lipinski definition) is 11. The lowest BCUT2D eigenvalue weighted by Gasteiger charge is -2.29. The number of nitrogens with one attached hydrogen (secondary N) is 2. The van der Waals surface area contributed by atoms with Gasteiger partial charge >= 0.3 is 18.2 Å². The van der Waals surface area contributed by atoms with Crippen LogP contribution in [-0.2, 0) is 56.5 Å². The summed E-state index contributed by atoms with van der Waals surface area (Å²) in [5.74, 6) is -5.27. The molecule has 66 heavy (non-hydrogen) atoms. The summed E-state index contributed by atoms with van der Waals surface area (Å²) in [6.45, 7) is 3.17. The molecule has 2 aliphatic heterocycles. The third kappa shape index (κ3) is 9.18. The number of benzene rings is 3. The zero-order valence-electron chi connectivity index (χ0n) is 36.5. The largest absolute Gasteiger partial charge is 0.462 e. The number of sulfonamides is 1. The quantitative estimate of drug-likeness (QED) is 0.0967. The number of hydrogen-bond donors (Lipinski definition) is 2. The molecule has 0 unspecified atom stereocenters. The van der Waals surface area contributed by atoms with Crippen LogP contribution in [0.5, 0.6) is 0 Å². The van der Waals surface area contributed by atoms with Gasteiger partial charge in [-0.3, -0.25) is 28.8 Å². The molecule has 1 saturated heterocycles. The number of halogens is 1. The lowest BCUT2D eigenvalue weighted by atomic mass is 9.91. The Morgan fingerprint density at radius 2 is 1.58 bits per heavy atom. The van der Waals surface area contributed by atoms with Crippen LogP contribution in [0.15, 0.2) is 79.4 Å². The highest BCUT2D eigenvalue weighted by Crippen LogP contribution is 2.57. The van der Waals surface area contributed by atoms with Crippen molar-refractivity contribution in [2.75, 3.05) is 19.7 Å². The van der Waals surface area contributed by atoms with Gasteiger partial charge in [0.2, 0.25) is 21.8 Å². The number of esters is 1. The molecule has 2 heterocycles. The summed E-state index contributed by atoms with van der Waals surface area (Å²) in [6, 6.07) is 19.0. The molecule has 4 amide bonds. The van der Waals surface area contributed by atoms with Gasteiger partial charge in [0.05, 0.1) is 42.1 Å². The van der Waals surface area contributed by atoms with Crippen molar-refractivity contribution >= 4 is 45.8 Å². The zero-order valence-corrected chi connectivity index (χ0v) is 37.3. The predicted molar refractivity (Wildman–Crippen MR) is 236 cm³/mol. The Morgan fingerprint density at radius 3 is 2.23 bits per heavy atom. The lowest BCUT2D eigenvalue weighted by Crippen LogP contribution is -2.48. The van der Waals surface area contributed by atoms with Crippen molar-refractivity contribution in [2.45, 2.75) is 107 Å². The first kappa shape index (κ1) is 45.1. The Labute approximate surface area is 382 Å². The number of fused-ring (bicyclic) bond motifs is 4. The van der Waals surface area contributed by atoms with E-state index in [0.29, 0.717) is 36.8 Å². The molecule has 9 rings (SSSR count). The van der Waals surface area contributed by atoms with Crippen molar-refractivity contribution < 1.29 is 55.8 Å². The minimum absolute atomic E-state index is 0.00430. The van der Waals surface area contributed by atoms with Gasteiger partial charge in [0.15, 0.2) is 5.78 Å². The molecule has 3 saturated carbocycles. The number of amides is 4. The van der Waals surface area contributed by atoms with E-state index in [1.807, 2.05) is 48.5 Å². The highest BCUT2D eigenvalue weighted by atomic mass is 32.2. The highest BCUT2D eigenvalue weighted by molar-refractivity contribution is 7.90. The summed E-state index contributed by atoms with van der Waals surface area (Å²) in [6.07, 6.45) is 1.55. The normalized spacial score (nSPS) is 23.6. The zero-order chi connectivity index (χ0) is 46.3. The van der Waals surface area contributed by atoms with E-state index in [-0.39, 0.29) is 57.6 Å². The van der Waals surface area contributed by atoms with Crippen LogP contribution in [0, 0.1) is 23.1 Å². The van der Waals surface area contributed by atoms with E-state index >= 15 is 0 Å². The molecule has 0 spiro atoms. The van der Waals surface area contributed by atoms with E-state index in [0.717, 1.165) is 35.1 Å². The number of allylic oxidation sites excluding steroid dienone is 1. The molecule has 15 nitrogen and oxygen atoms in total. The van der Waals surface area contributed by atoms with Gasteiger partial charge in [-0.25, -0.2) is 22.4 Å². The van der Waals surface area contributed by atoms with Gasteiger partial charge in [-0.15, -0.1) is 6.58 Å². The first-order chi connectivity index (χ1) is 31.7. The van der Waals surface area contributed by atoms with Crippen molar-refractivity contribution in [1.82, 2.24) is 19.8 Å². The number of ether oxygens (including phenoxy) is 3. The van der Waals surface area contributed by atoms with Gasteiger partial charge in [0.25, 0.3) is 0 Å². The van der Waals surface area contributed by atoms with Gasteiger partial charge in [0, 0.05) is 37.4 Å². The van der Waals surface area contributed by atoms with Gasteiger partial charge in [-0.2, -0.15) is 0 Å². The summed E-state index contributed by atoms with van der Waals surface area (Å²) in [4.78, 5) is 86.2. The molecule has 0 radical (unpaired) electrons. The van der Waals surface area contributed by atoms with Gasteiger partial charge in [0.1, 0.15) is 24.6 Å². The molecular formula is C49H53FN4O11S. The third-order valence-electron chi connectivity index (χ3n) is 14.1. The van der Waals surface area contributed by atoms with E-state index < -0.39 is 99.1 Å². The topological polar surface area (TPSA) is 195 Å². The molecule has 348 valence electrons. The van der Waals surface area contributed by atoms with Gasteiger partial charge in [-0.05, 0) is 84.7 Å². The van der Waals surface area contributed by atoms with E-state index in [1.165, 1.54) is 21.9 Å². The van der Waals surface area contributed by atoms with Crippen LogP contribution in [0.25, 0.3) is 11.1 Å². The van der Waals surface area contributed by atoms with E-state index in [2.05, 4.69) is 16.6 Å². The number of Topliss-reactive ketones (excluding diaryl/α,β-unsaturated/α-hetero) is 1. The van der Waals surface area contributed by atoms with Crippen molar-refractivity contribution in [3.63, 3.8) is 0 Å². The number of carbonyl (C=O) groups excluding carboxylic acids is 6. The smallest absolute Gasteiger partial charge is 0.410 e. The molecule has 3 aromatic carbocycles. The molecule has 4 fully saturated rings. The van der Waals surface area contributed by atoms with Crippen LogP contribution in [-0.4, -0.2) is 97.2 Å². The maximum atomic E-state index is 14.9. The van der Waals surface area contributed by atoms with Crippen LogP contribution in [0.3, 0.4) is 0 Å². The predicted octanol–water partition coefficient (Wildman–Crippen LogP) is 6.04. The Hall–Kier alpha value is -6.10. The van der Waals surface area contributed by atoms with Crippen molar-refractivity contribution in [1.29, 1.82) is 0 Å². The molecule has 5 atom stereocenters. The standard InChI is InChI=1S/C49H53FN4O11S/c1-2-31-22-49(31,46(58)52-66(61,62)34-18-19-34)23-43(55)42-21-33(65-48(60)53-25-29-10-9-17-41(50)39(29)27-53)26-54(42)45(57)30(20-44(56)64-32-11-3-4-12-32)24-51-47(59)63-28-40-37-15-7-5-13-35(37)36-14-6-8-16-38(36)40/h2,5-10,13-17,30-34,40,42H,1,3-4,11-12,18-28H2,(H,51,59)(H,52,58)/t30-,31+,33+,42-,49+/m0/s1. The highest BCUT2D eigenvalue weighted by Gasteiger charge is 2.61. The van der Waals surface area contributed by atoms with Crippen LogP contribution in [0.4, 0.5) is 14.0 Å². The number of alkyl carbamates (subject to hydrolysis) is 1. The molecule has 4 aliphatic carbocycles. The molecule has 0 bridgehead atoms. The average Bonchev–Trinajstić information content (AvgIpc) is 4.02. The van der Waals surface area contributed by atoms with Crippen LogP contribution < -0.4 is 10.0 Å². The summed E-state index contributed by atoms with van der Waals surface area (Å²) in [7, 11) is -3.96. The third-order valence-corrected chi connectivity index (χ3v) is 15.9.